The molecule has 3 aliphatic rings. The minimum atomic E-state index is -0.554. The number of aryl methyl sites for hydroxylation is 2. The summed E-state index contributed by atoms with van der Waals surface area (Å²) in [5.74, 6) is 0.410. The van der Waals surface area contributed by atoms with Gasteiger partial charge in [-0.2, -0.15) is 20.1 Å². The number of aromatic nitrogens is 6. The Balaban J connectivity index is 0.840. The van der Waals surface area contributed by atoms with Gasteiger partial charge in [-0.25, -0.2) is 9.37 Å². The van der Waals surface area contributed by atoms with Crippen LogP contribution in [0.3, 0.4) is 0 Å². The van der Waals surface area contributed by atoms with E-state index in [1.165, 1.54) is 22.6 Å². The molecule has 5 aromatic rings. The van der Waals surface area contributed by atoms with Gasteiger partial charge >= 0.3 is 0 Å². The van der Waals surface area contributed by atoms with Crippen molar-refractivity contribution in [1.82, 2.24) is 40.0 Å². The lowest BCUT2D eigenvalue weighted by molar-refractivity contribution is -0.133. The molecule has 0 aliphatic carbocycles. The van der Waals surface area contributed by atoms with Crippen LogP contribution < -0.4 is 26.0 Å². The maximum atomic E-state index is 14.4. The molecule has 4 N–H and O–H groups in total. The van der Waals surface area contributed by atoms with Crippen molar-refractivity contribution in [2.75, 3.05) is 48.7 Å². The minimum Gasteiger partial charge on any atom is -0.482 e. The Hall–Kier alpha value is -5.83. The summed E-state index contributed by atoms with van der Waals surface area (Å²) in [5, 5.41) is 19.2. The molecule has 15 heteroatoms. The molecule has 3 saturated heterocycles. The SMILES string of the molecule is Cc1cn(C2CCN(CC3CN(c4ccc(NC5CCC(=O)NC5=O)cc4)C3)CC2)nc1-c1cnc(N)c(O[C@H](C)c2cc(F)ccc2-c2cnn(C)n2)c1. The second-order valence-corrected chi connectivity index (χ2v) is 15.0. The van der Waals surface area contributed by atoms with Crippen LogP contribution in [0.4, 0.5) is 21.6 Å². The number of hydrogen-bond acceptors (Lipinski definition) is 11. The number of nitrogens with one attached hydrogen (secondary N) is 2. The van der Waals surface area contributed by atoms with Gasteiger partial charge in [-0.05, 0) is 87.2 Å². The molecule has 8 rings (SSSR count). The summed E-state index contributed by atoms with van der Waals surface area (Å²) >= 11 is 0. The Morgan fingerprint density at radius 3 is 2.55 bits per heavy atom. The molecule has 0 bridgehead atoms. The van der Waals surface area contributed by atoms with E-state index in [0.29, 0.717) is 41.8 Å². The van der Waals surface area contributed by atoms with Gasteiger partial charge in [0.2, 0.25) is 11.8 Å². The van der Waals surface area contributed by atoms with Crippen molar-refractivity contribution in [1.29, 1.82) is 0 Å². The topological polar surface area (TPSA) is 161 Å². The highest BCUT2D eigenvalue weighted by Gasteiger charge is 2.31. The van der Waals surface area contributed by atoms with Crippen LogP contribution in [0.5, 0.6) is 5.75 Å². The van der Waals surface area contributed by atoms with E-state index in [0.717, 1.165) is 73.6 Å². The van der Waals surface area contributed by atoms with Crippen molar-refractivity contribution in [3.8, 4) is 28.3 Å². The van der Waals surface area contributed by atoms with Crippen molar-refractivity contribution in [2.24, 2.45) is 13.0 Å². The number of likely N-dealkylation sites (tertiary alicyclic amines) is 1. The van der Waals surface area contributed by atoms with Crippen LogP contribution in [0.15, 0.2) is 67.1 Å². The lowest BCUT2D eigenvalue weighted by Gasteiger charge is -2.44. The number of nitrogen functional groups attached to an aromatic ring is 1. The first kappa shape index (κ1) is 36.2. The molecule has 3 fully saturated rings. The fourth-order valence-electron chi connectivity index (χ4n) is 7.89. The maximum absolute atomic E-state index is 14.4. The number of benzene rings is 2. The monoisotopic (exact) mass is 747 g/mol. The van der Waals surface area contributed by atoms with Gasteiger partial charge in [0, 0.05) is 92.6 Å². The van der Waals surface area contributed by atoms with E-state index in [-0.39, 0.29) is 29.5 Å². The summed E-state index contributed by atoms with van der Waals surface area (Å²) < 4.78 is 22.8. The molecule has 3 aromatic heterocycles. The van der Waals surface area contributed by atoms with Gasteiger partial charge in [0.25, 0.3) is 0 Å². The summed E-state index contributed by atoms with van der Waals surface area (Å²) in [4.78, 5) is 34.4. The van der Waals surface area contributed by atoms with E-state index in [4.69, 9.17) is 15.6 Å². The summed E-state index contributed by atoms with van der Waals surface area (Å²) in [6, 6.07) is 14.5. The van der Waals surface area contributed by atoms with Crippen molar-refractivity contribution in [2.45, 2.75) is 57.7 Å². The van der Waals surface area contributed by atoms with E-state index in [9.17, 15) is 14.0 Å². The number of halogens is 1. The number of imide groups is 1. The normalized spacial score (nSPS) is 18.9. The Bertz CT molecular complexity index is 2190. The van der Waals surface area contributed by atoms with E-state index < -0.39 is 6.10 Å². The molecular formula is C40H46FN11O3. The molecule has 0 saturated carbocycles. The van der Waals surface area contributed by atoms with Gasteiger partial charge in [0.15, 0.2) is 11.6 Å². The molecule has 6 heterocycles. The number of pyridine rings is 1. The fourth-order valence-corrected chi connectivity index (χ4v) is 7.89. The molecule has 55 heavy (non-hydrogen) atoms. The molecule has 2 aromatic carbocycles. The van der Waals surface area contributed by atoms with Crippen LogP contribution in [0, 0.1) is 18.7 Å². The number of hydrogen-bond donors (Lipinski definition) is 3. The zero-order valence-electron chi connectivity index (χ0n) is 31.3. The highest BCUT2D eigenvalue weighted by Crippen LogP contribution is 2.36. The van der Waals surface area contributed by atoms with Crippen molar-refractivity contribution >= 4 is 29.0 Å². The van der Waals surface area contributed by atoms with Crippen LogP contribution in [-0.2, 0) is 16.6 Å². The van der Waals surface area contributed by atoms with E-state index in [1.807, 2.05) is 25.1 Å². The number of amides is 2. The first-order chi connectivity index (χ1) is 26.6. The van der Waals surface area contributed by atoms with Crippen LogP contribution in [0.2, 0.25) is 0 Å². The molecule has 14 nitrogen and oxygen atoms in total. The largest absolute Gasteiger partial charge is 0.482 e. The molecule has 0 radical (unpaired) electrons. The molecule has 3 aliphatic heterocycles. The van der Waals surface area contributed by atoms with Gasteiger partial charge in [0.05, 0.1) is 17.9 Å². The number of ether oxygens (including phenoxy) is 1. The lowest BCUT2D eigenvalue weighted by atomic mass is 9.96. The van der Waals surface area contributed by atoms with Crippen LogP contribution in [-0.4, -0.2) is 85.2 Å². The van der Waals surface area contributed by atoms with E-state index >= 15 is 0 Å². The Morgan fingerprint density at radius 2 is 1.82 bits per heavy atom. The summed E-state index contributed by atoms with van der Waals surface area (Å²) in [7, 11) is 1.73. The van der Waals surface area contributed by atoms with Crippen LogP contribution in [0.1, 0.15) is 55.9 Å². The summed E-state index contributed by atoms with van der Waals surface area (Å²) in [6.45, 7) is 9.06. The van der Waals surface area contributed by atoms with Gasteiger partial charge in [-0.1, -0.05) is 0 Å². The minimum absolute atomic E-state index is 0.210. The first-order valence-electron chi connectivity index (χ1n) is 18.9. The third kappa shape index (κ3) is 7.88. The summed E-state index contributed by atoms with van der Waals surface area (Å²) in [6.07, 6.45) is 7.82. The third-order valence-corrected chi connectivity index (χ3v) is 10.9. The summed E-state index contributed by atoms with van der Waals surface area (Å²) in [5.41, 5.74) is 13.0. The zero-order chi connectivity index (χ0) is 38.2. The highest BCUT2D eigenvalue weighted by molar-refractivity contribution is 6.01. The van der Waals surface area contributed by atoms with E-state index in [2.05, 4.69) is 65.5 Å². The van der Waals surface area contributed by atoms with Gasteiger partial charge in [-0.3, -0.25) is 19.6 Å². The van der Waals surface area contributed by atoms with Gasteiger partial charge in [-0.15, -0.1) is 0 Å². The Labute approximate surface area is 318 Å². The Kier molecular flexibility index (Phi) is 9.95. The van der Waals surface area contributed by atoms with Crippen LogP contribution >= 0.6 is 0 Å². The maximum Gasteiger partial charge on any atom is 0.249 e. The van der Waals surface area contributed by atoms with Crippen molar-refractivity contribution in [3.05, 3.63) is 84.1 Å². The van der Waals surface area contributed by atoms with Crippen molar-refractivity contribution in [3.63, 3.8) is 0 Å². The Morgan fingerprint density at radius 1 is 1.04 bits per heavy atom. The molecule has 286 valence electrons. The number of carbonyl (C=O) groups is 2. The lowest BCUT2D eigenvalue weighted by Crippen LogP contribution is -2.52. The van der Waals surface area contributed by atoms with Gasteiger partial charge < -0.3 is 25.6 Å². The number of anilines is 3. The highest BCUT2D eigenvalue weighted by atomic mass is 19.1. The molecule has 2 amide bonds. The predicted octanol–water partition coefficient (Wildman–Crippen LogP) is 4.90. The predicted molar refractivity (Wildman–Crippen MR) is 207 cm³/mol. The number of nitrogens with zero attached hydrogens (tertiary/aromatic N) is 8. The van der Waals surface area contributed by atoms with E-state index in [1.54, 1.807) is 25.5 Å². The number of piperidine rings is 2. The number of rotatable bonds is 11. The fraction of sp³-hybridized carbons (Fsp3) is 0.400. The molecule has 1 unspecified atom stereocenters. The standard InChI is InChI=1S/C40H46FN11O3/c1-24-20-52(48-38(24)27-16-36(39(42)43-18-27)55-25(2)33-17-28(41)4-9-32(33)35-19-44-49(3)47-35)31-12-14-50(15-13-31)21-26-22-51(23-26)30-7-5-29(6-8-30)45-34-10-11-37(53)46-40(34)54/h4-9,16-20,25-26,31,34,45H,10-15,21-23H2,1-3H3,(H2,42,43)(H,46,53,54)/t25-,34?/m1/s1. The quantitative estimate of drug-likeness (QED) is 0.158. The first-order valence-corrected chi connectivity index (χ1v) is 18.9. The molecular weight excluding hydrogens is 702 g/mol. The smallest absolute Gasteiger partial charge is 0.249 e. The second kappa shape index (κ2) is 15.1. The van der Waals surface area contributed by atoms with Crippen LogP contribution in [0.25, 0.3) is 22.5 Å². The molecule has 0 spiro atoms. The van der Waals surface area contributed by atoms with Crippen molar-refractivity contribution < 1.29 is 18.7 Å². The average molecular weight is 748 g/mol. The average Bonchev–Trinajstić information content (AvgIpc) is 3.77. The number of nitrogens with two attached hydrogens (primary N) is 1. The third-order valence-electron chi connectivity index (χ3n) is 10.9. The number of carbonyl (C=O) groups excluding carboxylic acids is 2. The molecule has 2 atom stereocenters. The second-order valence-electron chi connectivity index (χ2n) is 15.0. The zero-order valence-corrected chi connectivity index (χ0v) is 31.3. The van der Waals surface area contributed by atoms with Gasteiger partial charge in [0.1, 0.15) is 23.7 Å².